The number of phenolic OH excluding ortho intramolecular Hbond substituents is 1. The Kier molecular flexibility index (Phi) is 11.1. The minimum Gasteiger partial charge on any atom is -0.502 e. The lowest BCUT2D eigenvalue weighted by Crippen LogP contribution is -2.45. The Morgan fingerprint density at radius 2 is 1.76 bits per heavy atom. The van der Waals surface area contributed by atoms with Crippen molar-refractivity contribution in [3.8, 4) is 10.9 Å². The number of phenols is 1. The molecule has 0 atom stereocenters. The number of hydrogen-bond acceptors (Lipinski definition) is 6. The van der Waals surface area contributed by atoms with Crippen LogP contribution in [-0.2, 0) is 17.6 Å². The summed E-state index contributed by atoms with van der Waals surface area (Å²) in [4.78, 5) is 18.2. The number of carbonyl (C=O) groups is 1. The average Bonchev–Trinajstić information content (AvgIpc) is 3.11. The molecule has 4 rings (SSSR count). The molecule has 0 radical (unpaired) electrons. The first-order valence-electron chi connectivity index (χ1n) is 13.8. The van der Waals surface area contributed by atoms with E-state index in [9.17, 15) is 15.0 Å². The van der Waals surface area contributed by atoms with E-state index < -0.39 is 0 Å². The fourth-order valence-corrected chi connectivity index (χ4v) is 6.41. The Balaban J connectivity index is 1.23. The van der Waals surface area contributed by atoms with Crippen molar-refractivity contribution in [2.45, 2.75) is 63.8 Å². The van der Waals surface area contributed by atoms with Gasteiger partial charge in [0.15, 0.2) is 5.75 Å². The highest BCUT2D eigenvalue weighted by Crippen LogP contribution is 2.32. The van der Waals surface area contributed by atoms with Crippen LogP contribution in [0.1, 0.15) is 56.1 Å². The summed E-state index contributed by atoms with van der Waals surface area (Å²) in [5, 5.41) is 27.6. The van der Waals surface area contributed by atoms with E-state index in [1.165, 1.54) is 42.6 Å². The monoisotopic (exact) mass is 559 g/mol. The number of fused-ring (bicyclic) bond motifs is 1. The number of aromatic hydroxyl groups is 2. The molecule has 0 saturated heterocycles. The zero-order valence-electron chi connectivity index (χ0n) is 22.0. The molecule has 3 aromatic rings. The number of hydrogen-bond donors (Lipinski definition) is 4. The summed E-state index contributed by atoms with van der Waals surface area (Å²) in [7, 11) is 0. The highest BCUT2D eigenvalue weighted by molar-refractivity contribution is 7.19. The first-order valence-corrected chi connectivity index (χ1v) is 15.0. The fraction of sp³-hybridized carbons (Fsp3) is 0.517. The molecule has 1 aliphatic rings. The highest BCUT2D eigenvalue weighted by atomic mass is 35.5. The molecule has 9 heteroatoms. The van der Waals surface area contributed by atoms with Gasteiger partial charge in [-0.15, -0.1) is 0 Å². The molecule has 1 amide bonds. The SMILES string of the molecule is O=C(CCNCCc1cccc(Cl)c1)N(CCNCCc1ccc(O)c2[nH+]c(O)sc12)C1CCCCCC1. The van der Waals surface area contributed by atoms with E-state index in [1.807, 2.05) is 24.3 Å². The van der Waals surface area contributed by atoms with Crippen molar-refractivity contribution in [1.29, 1.82) is 0 Å². The molecule has 1 saturated carbocycles. The molecule has 7 nitrogen and oxygen atoms in total. The van der Waals surface area contributed by atoms with Crippen LogP contribution < -0.4 is 15.6 Å². The second kappa shape index (κ2) is 14.7. The molecule has 38 heavy (non-hydrogen) atoms. The molecule has 0 bridgehead atoms. The second-order valence-electron chi connectivity index (χ2n) is 10.1. The molecule has 1 aliphatic carbocycles. The lowest BCUT2D eigenvalue weighted by molar-refractivity contribution is -0.356. The third-order valence-corrected chi connectivity index (χ3v) is 8.53. The van der Waals surface area contributed by atoms with Crippen molar-refractivity contribution in [3.05, 3.63) is 52.5 Å². The number of rotatable bonds is 13. The van der Waals surface area contributed by atoms with E-state index in [4.69, 9.17) is 11.6 Å². The number of aromatic amines is 1. The maximum absolute atomic E-state index is 13.3. The van der Waals surface area contributed by atoms with Gasteiger partial charge in [-0.05, 0) is 79.4 Å². The molecule has 5 N–H and O–H groups in total. The molecule has 206 valence electrons. The maximum Gasteiger partial charge on any atom is 0.427 e. The topological polar surface area (TPSA) is 99.0 Å². The van der Waals surface area contributed by atoms with Gasteiger partial charge in [0.1, 0.15) is 4.70 Å². The van der Waals surface area contributed by atoms with Crippen LogP contribution in [0.5, 0.6) is 10.9 Å². The summed E-state index contributed by atoms with van der Waals surface area (Å²) in [5.74, 6) is 0.378. The largest absolute Gasteiger partial charge is 0.502 e. The number of nitrogens with one attached hydrogen (secondary N) is 3. The van der Waals surface area contributed by atoms with Crippen molar-refractivity contribution in [1.82, 2.24) is 15.5 Å². The highest BCUT2D eigenvalue weighted by Gasteiger charge is 2.24. The Morgan fingerprint density at radius 3 is 2.55 bits per heavy atom. The van der Waals surface area contributed by atoms with Crippen LogP contribution in [0, 0.1) is 0 Å². The number of carbonyl (C=O) groups excluding carboxylic acids is 1. The van der Waals surface area contributed by atoms with Crippen LogP contribution in [0.25, 0.3) is 10.2 Å². The third-order valence-electron chi connectivity index (χ3n) is 7.33. The maximum atomic E-state index is 13.3. The summed E-state index contributed by atoms with van der Waals surface area (Å²) in [5.41, 5.74) is 2.85. The molecule has 0 unspecified atom stereocenters. The summed E-state index contributed by atoms with van der Waals surface area (Å²) < 4.78 is 0.877. The van der Waals surface area contributed by atoms with Gasteiger partial charge in [-0.25, -0.2) is 0 Å². The van der Waals surface area contributed by atoms with Crippen LogP contribution in [-0.4, -0.2) is 59.8 Å². The van der Waals surface area contributed by atoms with Crippen molar-refractivity contribution in [2.75, 3.05) is 32.7 Å². The summed E-state index contributed by atoms with van der Waals surface area (Å²) in [6.45, 7) is 3.72. The zero-order valence-corrected chi connectivity index (χ0v) is 23.5. The number of halogens is 1. The van der Waals surface area contributed by atoms with Gasteiger partial charge in [-0.1, -0.05) is 55.5 Å². The van der Waals surface area contributed by atoms with E-state index >= 15 is 0 Å². The lowest BCUT2D eigenvalue weighted by atomic mass is 10.1. The van der Waals surface area contributed by atoms with Gasteiger partial charge in [0.05, 0.1) is 0 Å². The number of H-pyrrole nitrogens is 1. The number of aromatic nitrogens is 1. The van der Waals surface area contributed by atoms with Gasteiger partial charge in [0, 0.05) is 37.1 Å². The van der Waals surface area contributed by atoms with Gasteiger partial charge in [0.2, 0.25) is 5.91 Å². The van der Waals surface area contributed by atoms with E-state index in [0.29, 0.717) is 31.1 Å². The molecule has 1 aromatic heterocycles. The smallest absolute Gasteiger partial charge is 0.427 e. The predicted molar refractivity (Wildman–Crippen MR) is 154 cm³/mol. The first kappa shape index (κ1) is 28.6. The van der Waals surface area contributed by atoms with Crippen LogP contribution in [0.3, 0.4) is 0 Å². The quantitative estimate of drug-likeness (QED) is 0.180. The lowest BCUT2D eigenvalue weighted by Gasteiger charge is -2.32. The van der Waals surface area contributed by atoms with Crippen LogP contribution in [0.15, 0.2) is 36.4 Å². The predicted octanol–water partition coefficient (Wildman–Crippen LogP) is 4.69. The summed E-state index contributed by atoms with van der Waals surface area (Å²) in [6, 6.07) is 11.8. The van der Waals surface area contributed by atoms with Gasteiger partial charge in [-0.2, -0.15) is 4.98 Å². The zero-order chi connectivity index (χ0) is 26.7. The van der Waals surface area contributed by atoms with Gasteiger partial charge < -0.3 is 25.7 Å². The van der Waals surface area contributed by atoms with Crippen LogP contribution >= 0.6 is 22.9 Å². The molecule has 0 aliphatic heterocycles. The molecule has 1 heterocycles. The molecule has 2 aromatic carbocycles. The molecule has 1 fully saturated rings. The average molecular weight is 560 g/mol. The standard InChI is InChI=1S/C29H39ClN4O3S/c30-23-7-5-6-21(20-23)12-15-31-17-14-26(36)34(24-8-3-1-2-4-9-24)19-18-32-16-13-22-10-11-25(35)27-28(22)38-29(37)33-27/h5-7,10-11,20,24,31-32,35H,1-4,8-9,12-19H2,(H,33,37)/p+1. The van der Waals surface area contributed by atoms with Crippen LogP contribution in [0.2, 0.25) is 5.02 Å². The number of nitrogens with zero attached hydrogens (tertiary/aromatic N) is 1. The third kappa shape index (κ3) is 8.30. The normalized spacial score (nSPS) is 14.6. The number of benzene rings is 2. The van der Waals surface area contributed by atoms with E-state index in [1.54, 1.807) is 6.07 Å². The van der Waals surface area contributed by atoms with Crippen molar-refractivity contribution < 1.29 is 20.0 Å². The van der Waals surface area contributed by atoms with Gasteiger partial charge in [-0.3, -0.25) is 4.79 Å². The van der Waals surface area contributed by atoms with Crippen molar-refractivity contribution >= 4 is 39.1 Å². The molecular formula is C29H40ClN4O3S+. The minimum atomic E-state index is 0.0900. The Morgan fingerprint density at radius 1 is 1.00 bits per heavy atom. The Hall–Kier alpha value is -2.39. The van der Waals surface area contributed by atoms with Crippen LogP contribution in [0.4, 0.5) is 0 Å². The van der Waals surface area contributed by atoms with Crippen molar-refractivity contribution in [3.63, 3.8) is 0 Å². The van der Waals surface area contributed by atoms with Gasteiger partial charge >= 0.3 is 5.19 Å². The Bertz CT molecular complexity index is 1180. The molecule has 0 spiro atoms. The fourth-order valence-electron chi connectivity index (χ4n) is 5.30. The van der Waals surface area contributed by atoms with E-state index in [2.05, 4.69) is 26.6 Å². The Labute approximate surface area is 234 Å². The molecular weight excluding hydrogens is 520 g/mol. The summed E-state index contributed by atoms with van der Waals surface area (Å²) >= 11 is 7.32. The summed E-state index contributed by atoms with van der Waals surface area (Å²) in [6.07, 6.45) is 9.28. The van der Waals surface area contributed by atoms with E-state index in [-0.39, 0.29) is 16.9 Å². The van der Waals surface area contributed by atoms with Gasteiger partial charge in [0.25, 0.3) is 5.52 Å². The number of thiazole rings is 1. The number of amides is 1. The second-order valence-corrected chi connectivity index (χ2v) is 11.5. The van der Waals surface area contributed by atoms with E-state index in [0.717, 1.165) is 60.6 Å². The minimum absolute atomic E-state index is 0.0900. The van der Waals surface area contributed by atoms with Crippen molar-refractivity contribution in [2.24, 2.45) is 0 Å². The first-order chi connectivity index (χ1) is 18.5.